The van der Waals surface area contributed by atoms with Gasteiger partial charge >= 0.3 is 0 Å². The summed E-state index contributed by atoms with van der Waals surface area (Å²) in [5.41, 5.74) is 0. The standard InChI is InChI=1S/C30H28S4/c1-3-12-26(34-29-19-10-6-15-24(29)32-25-16-7-11-20-30(25)34)21(2)33-27-17-8-4-13-22(27)31-23-14-5-9-18-28(23)33/h4-11,13-21,26H,3,12H2,1-2H3/q+2/t21-,26+/m0/s1. The van der Waals surface area contributed by atoms with Gasteiger partial charge in [-0.2, -0.15) is 0 Å². The van der Waals surface area contributed by atoms with Gasteiger partial charge in [-0.25, -0.2) is 0 Å². The fourth-order valence-corrected chi connectivity index (χ4v) is 14.3. The first-order chi connectivity index (χ1) is 16.8. The molecule has 4 aromatic rings. The van der Waals surface area contributed by atoms with E-state index in [1.165, 1.54) is 42.2 Å². The smallest absolute Gasteiger partial charge is 0.0795 e. The van der Waals surface area contributed by atoms with E-state index < -0.39 is 0 Å². The first kappa shape index (κ1) is 22.7. The molecule has 0 fully saturated rings. The van der Waals surface area contributed by atoms with Gasteiger partial charge in [-0.05, 0) is 55.5 Å². The molecule has 0 aromatic heterocycles. The van der Waals surface area contributed by atoms with Gasteiger partial charge in [0.1, 0.15) is 0 Å². The maximum Gasteiger partial charge on any atom is 0.176 e. The summed E-state index contributed by atoms with van der Waals surface area (Å²) in [6.07, 6.45) is 2.46. The predicted octanol–water partition coefficient (Wildman–Crippen LogP) is 8.95. The van der Waals surface area contributed by atoms with Crippen LogP contribution in [0.15, 0.2) is 136 Å². The first-order valence-corrected chi connectivity index (χ1v) is 16.1. The topological polar surface area (TPSA) is 0 Å². The Bertz CT molecular complexity index is 1240. The van der Waals surface area contributed by atoms with Gasteiger partial charge in [0.15, 0.2) is 30.1 Å². The summed E-state index contributed by atoms with van der Waals surface area (Å²) in [5, 5.41) is 1.15. The number of hydrogen-bond donors (Lipinski definition) is 0. The van der Waals surface area contributed by atoms with Gasteiger partial charge in [0.2, 0.25) is 0 Å². The zero-order valence-electron chi connectivity index (χ0n) is 19.4. The third kappa shape index (κ3) is 3.93. The van der Waals surface area contributed by atoms with Crippen molar-refractivity contribution in [2.24, 2.45) is 0 Å². The van der Waals surface area contributed by atoms with E-state index in [-0.39, 0.29) is 21.8 Å². The van der Waals surface area contributed by atoms with E-state index in [4.69, 9.17) is 0 Å². The average molecular weight is 517 g/mol. The minimum absolute atomic E-state index is 0.0532. The fraction of sp³-hybridized carbons (Fsp3) is 0.200. The Morgan fingerprint density at radius 2 is 0.912 bits per heavy atom. The Hall–Kier alpha value is -1.72. The lowest BCUT2D eigenvalue weighted by Crippen LogP contribution is -2.40. The van der Waals surface area contributed by atoms with Crippen molar-refractivity contribution >= 4 is 45.3 Å². The van der Waals surface area contributed by atoms with Crippen LogP contribution < -0.4 is 0 Å². The van der Waals surface area contributed by atoms with Crippen molar-refractivity contribution < 1.29 is 0 Å². The Morgan fingerprint density at radius 3 is 1.29 bits per heavy atom. The van der Waals surface area contributed by atoms with Crippen molar-refractivity contribution in [3.05, 3.63) is 97.1 Å². The van der Waals surface area contributed by atoms with E-state index in [0.29, 0.717) is 10.5 Å². The van der Waals surface area contributed by atoms with Crippen LogP contribution in [0.5, 0.6) is 0 Å². The molecule has 0 N–H and O–H groups in total. The van der Waals surface area contributed by atoms with Crippen molar-refractivity contribution in [2.45, 2.75) is 76.4 Å². The van der Waals surface area contributed by atoms with E-state index in [1.54, 1.807) is 9.79 Å². The van der Waals surface area contributed by atoms with Crippen molar-refractivity contribution in [1.29, 1.82) is 0 Å². The number of fused-ring (bicyclic) bond motifs is 4. The van der Waals surface area contributed by atoms with E-state index in [1.807, 2.05) is 23.5 Å². The molecule has 170 valence electrons. The molecule has 34 heavy (non-hydrogen) atoms. The Labute approximate surface area is 217 Å². The minimum Gasteiger partial charge on any atom is -0.0795 e. The number of rotatable bonds is 5. The normalized spacial score (nSPS) is 16.6. The summed E-state index contributed by atoms with van der Waals surface area (Å²) in [6, 6.07) is 36.6. The predicted molar refractivity (Wildman–Crippen MR) is 150 cm³/mol. The van der Waals surface area contributed by atoms with Crippen LogP contribution in [0.2, 0.25) is 0 Å². The molecular formula is C30H28S4+2. The van der Waals surface area contributed by atoms with Crippen molar-refractivity contribution in [3.8, 4) is 0 Å². The van der Waals surface area contributed by atoms with Gasteiger partial charge in [-0.1, -0.05) is 85.4 Å². The molecule has 4 aromatic carbocycles. The van der Waals surface area contributed by atoms with Crippen LogP contribution in [0, 0.1) is 0 Å². The fourth-order valence-electron chi connectivity index (χ4n) is 5.05. The van der Waals surface area contributed by atoms with Gasteiger partial charge in [-0.15, -0.1) is 0 Å². The molecular weight excluding hydrogens is 489 g/mol. The molecule has 4 heteroatoms. The highest BCUT2D eigenvalue weighted by molar-refractivity contribution is 8.06. The van der Waals surface area contributed by atoms with Crippen LogP contribution in [0.1, 0.15) is 26.7 Å². The van der Waals surface area contributed by atoms with Crippen LogP contribution in [-0.4, -0.2) is 10.5 Å². The molecule has 0 saturated heterocycles. The molecule has 0 aliphatic carbocycles. The van der Waals surface area contributed by atoms with Gasteiger partial charge < -0.3 is 0 Å². The van der Waals surface area contributed by atoms with E-state index >= 15 is 0 Å². The highest BCUT2D eigenvalue weighted by Gasteiger charge is 2.52. The largest absolute Gasteiger partial charge is 0.176 e. The molecule has 2 atom stereocenters. The van der Waals surface area contributed by atoms with Crippen LogP contribution in [-0.2, 0) is 21.8 Å². The lowest BCUT2D eigenvalue weighted by atomic mass is 10.2. The zero-order chi connectivity index (χ0) is 23.1. The van der Waals surface area contributed by atoms with Crippen molar-refractivity contribution in [1.82, 2.24) is 0 Å². The molecule has 0 saturated carbocycles. The second kappa shape index (κ2) is 9.73. The summed E-state index contributed by atoms with van der Waals surface area (Å²) in [6.45, 7) is 4.91. The minimum atomic E-state index is 0.0532. The van der Waals surface area contributed by atoms with Crippen LogP contribution in [0.3, 0.4) is 0 Å². The van der Waals surface area contributed by atoms with E-state index in [9.17, 15) is 0 Å². The quantitative estimate of drug-likeness (QED) is 0.243. The summed E-state index contributed by atoms with van der Waals surface area (Å²) >= 11 is 3.90. The summed E-state index contributed by atoms with van der Waals surface area (Å²) in [4.78, 5) is 11.9. The molecule has 0 unspecified atom stereocenters. The van der Waals surface area contributed by atoms with Crippen molar-refractivity contribution in [2.75, 3.05) is 0 Å². The highest BCUT2D eigenvalue weighted by atomic mass is 32.2. The first-order valence-electron chi connectivity index (χ1n) is 11.9. The number of hydrogen-bond acceptors (Lipinski definition) is 2. The maximum absolute atomic E-state index is 2.55. The molecule has 0 spiro atoms. The molecule has 2 aliphatic rings. The molecule has 0 radical (unpaired) electrons. The second-order valence-electron chi connectivity index (χ2n) is 8.70. The van der Waals surface area contributed by atoms with Gasteiger partial charge in [0.25, 0.3) is 0 Å². The lowest BCUT2D eigenvalue weighted by molar-refractivity contribution is 0.714. The summed E-state index contributed by atoms with van der Waals surface area (Å²) < 4.78 is 0. The zero-order valence-corrected chi connectivity index (χ0v) is 22.7. The van der Waals surface area contributed by atoms with Crippen LogP contribution >= 0.6 is 23.5 Å². The Balaban J connectivity index is 1.51. The molecule has 2 heterocycles. The summed E-state index contributed by atoms with van der Waals surface area (Å²) in [5.74, 6) is 0. The Kier molecular flexibility index (Phi) is 6.51. The highest BCUT2D eigenvalue weighted by Crippen LogP contribution is 2.52. The van der Waals surface area contributed by atoms with E-state index in [0.717, 1.165) is 0 Å². The van der Waals surface area contributed by atoms with Gasteiger partial charge in [0.05, 0.1) is 41.4 Å². The molecule has 0 amide bonds. The third-order valence-corrected chi connectivity index (χ3v) is 15.2. The summed E-state index contributed by atoms with van der Waals surface area (Å²) in [7, 11) is 0.115. The number of benzene rings is 4. The maximum atomic E-state index is 2.55. The van der Waals surface area contributed by atoms with E-state index in [2.05, 4.69) is 111 Å². The SMILES string of the molecule is CCC[C@H]([C@H](C)[S+]1c2ccccc2Sc2ccccc21)[S+]1c2ccccc2Sc2ccccc21. The monoisotopic (exact) mass is 516 g/mol. The van der Waals surface area contributed by atoms with Crippen LogP contribution in [0.25, 0.3) is 0 Å². The third-order valence-electron chi connectivity index (χ3n) is 6.56. The second-order valence-corrected chi connectivity index (χ2v) is 15.3. The lowest BCUT2D eigenvalue weighted by Gasteiger charge is -2.30. The Morgan fingerprint density at radius 1 is 0.559 bits per heavy atom. The van der Waals surface area contributed by atoms with Gasteiger partial charge in [-0.3, -0.25) is 0 Å². The molecule has 0 nitrogen and oxygen atoms in total. The molecule has 2 aliphatic heterocycles. The molecule has 6 rings (SSSR count). The average Bonchev–Trinajstić information content (AvgIpc) is 2.89. The van der Waals surface area contributed by atoms with Crippen LogP contribution in [0.4, 0.5) is 0 Å². The van der Waals surface area contributed by atoms with Crippen molar-refractivity contribution in [3.63, 3.8) is 0 Å². The van der Waals surface area contributed by atoms with Gasteiger partial charge in [0, 0.05) is 6.42 Å². The molecule has 0 bridgehead atoms.